The van der Waals surface area contributed by atoms with Gasteiger partial charge in [0, 0.05) is 50.8 Å². The molecule has 2 aliphatic heterocycles. The van der Waals surface area contributed by atoms with Crippen LogP contribution in [0.1, 0.15) is 29.7 Å². The van der Waals surface area contributed by atoms with Gasteiger partial charge in [0.25, 0.3) is 11.7 Å². The third-order valence-electron chi connectivity index (χ3n) is 6.12. The zero-order valence-corrected chi connectivity index (χ0v) is 19.0. The summed E-state index contributed by atoms with van der Waals surface area (Å²) in [5.41, 5.74) is 4.03. The fourth-order valence-electron chi connectivity index (χ4n) is 4.30. The molecule has 4 heterocycles. The summed E-state index contributed by atoms with van der Waals surface area (Å²) in [6.07, 6.45) is 2.14. The number of hydrogen-bond donors (Lipinski definition) is 0. The predicted molar refractivity (Wildman–Crippen MR) is 124 cm³/mol. The molecule has 0 atom stereocenters. The van der Waals surface area contributed by atoms with E-state index >= 15 is 0 Å². The third-order valence-corrected chi connectivity index (χ3v) is 6.12. The fourth-order valence-corrected chi connectivity index (χ4v) is 4.30. The average molecular weight is 447 g/mol. The zero-order chi connectivity index (χ0) is 23.1. The number of rotatable bonds is 3. The number of carbonyl (C=O) groups is 2. The molecule has 1 aromatic carbocycles. The van der Waals surface area contributed by atoms with Crippen molar-refractivity contribution in [3.63, 3.8) is 0 Å². The van der Waals surface area contributed by atoms with Gasteiger partial charge in [-0.1, -0.05) is 12.1 Å². The number of hydrazone groups is 1. The molecule has 2 amide bonds. The highest BCUT2D eigenvalue weighted by Crippen LogP contribution is 2.26. The van der Waals surface area contributed by atoms with Gasteiger partial charge in [0.15, 0.2) is 0 Å². The van der Waals surface area contributed by atoms with Gasteiger partial charge in [-0.15, -0.1) is 0 Å². The van der Waals surface area contributed by atoms with Crippen molar-refractivity contribution in [1.29, 1.82) is 0 Å². The molecule has 33 heavy (non-hydrogen) atoms. The highest BCUT2D eigenvalue weighted by atomic mass is 16.2. The van der Waals surface area contributed by atoms with Crippen LogP contribution in [-0.4, -0.2) is 68.2 Å². The lowest BCUT2D eigenvalue weighted by atomic mass is 10.1. The molecule has 0 N–H and O–H groups in total. The van der Waals surface area contributed by atoms with E-state index in [0.29, 0.717) is 44.1 Å². The van der Waals surface area contributed by atoms with Crippen molar-refractivity contribution in [1.82, 2.24) is 24.5 Å². The van der Waals surface area contributed by atoms with Crippen LogP contribution in [0.25, 0.3) is 5.78 Å². The summed E-state index contributed by atoms with van der Waals surface area (Å²) >= 11 is 0. The summed E-state index contributed by atoms with van der Waals surface area (Å²) in [7, 11) is 0. The van der Waals surface area contributed by atoms with E-state index in [2.05, 4.69) is 25.1 Å². The quantitative estimate of drug-likeness (QED) is 0.609. The minimum atomic E-state index is -0.103. The maximum absolute atomic E-state index is 13.3. The summed E-state index contributed by atoms with van der Waals surface area (Å²) < 4.78 is 1.73. The number of aryl methyl sites for hydroxylation is 3. The van der Waals surface area contributed by atoms with Crippen LogP contribution in [0.3, 0.4) is 0 Å². The number of nitrogens with zero attached hydrogens (tertiary/aromatic N) is 8. The minimum absolute atomic E-state index is 0.0880. The molecule has 0 aliphatic carbocycles. The molecule has 1 saturated heterocycles. The van der Waals surface area contributed by atoms with Gasteiger partial charge in [-0.2, -0.15) is 19.7 Å². The highest BCUT2D eigenvalue weighted by molar-refractivity contribution is 6.40. The van der Waals surface area contributed by atoms with Crippen molar-refractivity contribution in [2.24, 2.45) is 5.10 Å². The van der Waals surface area contributed by atoms with Crippen LogP contribution in [0.4, 0.5) is 11.5 Å². The topological polar surface area (TPSA) is 99.3 Å². The molecule has 10 heteroatoms. The van der Waals surface area contributed by atoms with E-state index in [1.807, 2.05) is 49.9 Å². The molecule has 1 fully saturated rings. The van der Waals surface area contributed by atoms with Crippen LogP contribution in [0, 0.1) is 20.8 Å². The largest absolute Gasteiger partial charge is 0.353 e. The fraction of sp³-hybridized carbons (Fsp3) is 0.391. The van der Waals surface area contributed by atoms with Crippen molar-refractivity contribution in [2.75, 3.05) is 36.1 Å². The second kappa shape index (κ2) is 8.27. The Bertz CT molecular complexity index is 1270. The molecule has 0 unspecified atom stereocenters. The Hall–Kier alpha value is -3.82. The molecule has 2 aromatic heterocycles. The molecule has 5 rings (SSSR count). The molecule has 0 spiro atoms. The van der Waals surface area contributed by atoms with E-state index in [0.717, 1.165) is 28.3 Å². The molecule has 170 valence electrons. The van der Waals surface area contributed by atoms with Gasteiger partial charge in [0.05, 0.1) is 5.69 Å². The van der Waals surface area contributed by atoms with E-state index < -0.39 is 0 Å². The Balaban J connectivity index is 1.33. The first-order valence-electron chi connectivity index (χ1n) is 11.1. The summed E-state index contributed by atoms with van der Waals surface area (Å²) in [5.74, 6) is 1.30. The van der Waals surface area contributed by atoms with Gasteiger partial charge in [-0.25, -0.2) is 9.99 Å². The number of fused-ring (bicyclic) bond motifs is 1. The number of anilines is 2. The number of amides is 2. The van der Waals surface area contributed by atoms with Crippen LogP contribution in [0.15, 0.2) is 35.7 Å². The Morgan fingerprint density at radius 3 is 2.58 bits per heavy atom. The van der Waals surface area contributed by atoms with E-state index in [1.54, 1.807) is 4.52 Å². The van der Waals surface area contributed by atoms with Gasteiger partial charge < -0.3 is 9.80 Å². The molecule has 0 bridgehead atoms. The second-order valence-corrected chi connectivity index (χ2v) is 8.55. The maximum atomic E-state index is 13.3. The van der Waals surface area contributed by atoms with Crippen LogP contribution in [-0.2, 0) is 9.59 Å². The first kappa shape index (κ1) is 21.0. The smallest absolute Gasteiger partial charge is 0.270 e. The molecule has 10 nitrogen and oxygen atoms in total. The van der Waals surface area contributed by atoms with E-state index in [9.17, 15) is 9.59 Å². The first-order valence-corrected chi connectivity index (χ1v) is 11.1. The Morgan fingerprint density at radius 1 is 1.00 bits per heavy atom. The standard InChI is InChI=1S/C23H26N8O2/c1-15-4-5-16(2)19(12-15)30-21(32)7-6-18(27-30)22(33)29-10-8-28(9-11-29)20-13-17(3)26-23-24-14-25-31(20)23/h4-5,12-14H,6-11H2,1-3H3. The zero-order valence-electron chi connectivity index (χ0n) is 19.0. The molecule has 3 aromatic rings. The molecular weight excluding hydrogens is 420 g/mol. The lowest BCUT2D eigenvalue weighted by Gasteiger charge is -2.36. The predicted octanol–water partition coefficient (Wildman–Crippen LogP) is 1.88. The molecule has 0 saturated carbocycles. The van der Waals surface area contributed by atoms with Gasteiger partial charge in [-0.3, -0.25) is 9.59 Å². The van der Waals surface area contributed by atoms with E-state index in [1.165, 1.54) is 11.3 Å². The molecule has 0 radical (unpaired) electrons. The van der Waals surface area contributed by atoms with Crippen molar-refractivity contribution >= 4 is 34.8 Å². The second-order valence-electron chi connectivity index (χ2n) is 8.55. The first-order chi connectivity index (χ1) is 15.9. The van der Waals surface area contributed by atoms with Crippen LogP contribution >= 0.6 is 0 Å². The van der Waals surface area contributed by atoms with Gasteiger partial charge in [0.2, 0.25) is 5.91 Å². The lowest BCUT2D eigenvalue weighted by molar-refractivity contribution is -0.124. The summed E-state index contributed by atoms with van der Waals surface area (Å²) in [4.78, 5) is 38.4. The maximum Gasteiger partial charge on any atom is 0.270 e. The van der Waals surface area contributed by atoms with E-state index in [-0.39, 0.29) is 18.2 Å². The van der Waals surface area contributed by atoms with Crippen molar-refractivity contribution < 1.29 is 9.59 Å². The highest BCUT2D eigenvalue weighted by Gasteiger charge is 2.31. The third kappa shape index (κ3) is 3.92. The molecule has 2 aliphatic rings. The number of carbonyl (C=O) groups excluding carboxylic acids is 2. The summed E-state index contributed by atoms with van der Waals surface area (Å²) in [6.45, 7) is 8.31. The average Bonchev–Trinajstić information content (AvgIpc) is 3.29. The van der Waals surface area contributed by atoms with E-state index in [4.69, 9.17) is 0 Å². The van der Waals surface area contributed by atoms with Gasteiger partial charge in [0.1, 0.15) is 17.9 Å². The number of hydrogen-bond acceptors (Lipinski definition) is 7. The summed E-state index contributed by atoms with van der Waals surface area (Å²) in [5, 5.41) is 10.2. The molecular formula is C23H26N8O2. The minimum Gasteiger partial charge on any atom is -0.353 e. The Kier molecular flexibility index (Phi) is 5.27. The van der Waals surface area contributed by atoms with Crippen molar-refractivity contribution in [2.45, 2.75) is 33.6 Å². The van der Waals surface area contributed by atoms with Crippen molar-refractivity contribution in [3.8, 4) is 0 Å². The van der Waals surface area contributed by atoms with Crippen LogP contribution in [0.2, 0.25) is 0 Å². The van der Waals surface area contributed by atoms with Crippen LogP contribution in [0.5, 0.6) is 0 Å². The van der Waals surface area contributed by atoms with Gasteiger partial charge in [-0.05, 0) is 38.0 Å². The number of aromatic nitrogens is 4. The summed E-state index contributed by atoms with van der Waals surface area (Å²) in [6, 6.07) is 7.89. The Morgan fingerprint density at radius 2 is 1.79 bits per heavy atom. The number of piperazine rings is 1. The SMILES string of the molecule is Cc1ccc(C)c(N2N=C(C(=O)N3CCN(c4cc(C)nc5ncnn45)CC3)CCC2=O)c1. The number of benzene rings is 1. The van der Waals surface area contributed by atoms with Crippen LogP contribution < -0.4 is 9.91 Å². The monoisotopic (exact) mass is 446 g/mol. The van der Waals surface area contributed by atoms with Crippen molar-refractivity contribution in [3.05, 3.63) is 47.4 Å². The van der Waals surface area contributed by atoms with Gasteiger partial charge >= 0.3 is 0 Å². The lowest BCUT2D eigenvalue weighted by Crippen LogP contribution is -2.52. The Labute approximate surface area is 191 Å². The normalized spacial score (nSPS) is 17.0.